The molecule has 1 unspecified atom stereocenters. The summed E-state index contributed by atoms with van der Waals surface area (Å²) < 4.78 is 5.34. The molecular weight excluding hydrogens is 248 g/mol. The Morgan fingerprint density at radius 2 is 1.85 bits per heavy atom. The number of methoxy groups -OCH3 is 1. The lowest BCUT2D eigenvalue weighted by molar-refractivity contribution is 0.0643. The Morgan fingerprint density at radius 3 is 2.30 bits per heavy atom. The van der Waals surface area contributed by atoms with Gasteiger partial charge in [-0.1, -0.05) is 19.8 Å². The Labute approximate surface area is 126 Å². The number of ether oxygens (including phenoxy) is 1. The van der Waals surface area contributed by atoms with Crippen LogP contribution in [0.5, 0.6) is 0 Å². The fraction of sp³-hybridized carbons (Fsp3) is 1.00. The van der Waals surface area contributed by atoms with E-state index in [-0.39, 0.29) is 5.54 Å². The third-order valence-corrected chi connectivity index (χ3v) is 4.63. The van der Waals surface area contributed by atoms with Gasteiger partial charge in [-0.2, -0.15) is 0 Å². The first-order valence-corrected chi connectivity index (χ1v) is 8.30. The molecule has 1 aliphatic rings. The van der Waals surface area contributed by atoms with Gasteiger partial charge in [0, 0.05) is 31.8 Å². The van der Waals surface area contributed by atoms with Gasteiger partial charge >= 0.3 is 0 Å². The van der Waals surface area contributed by atoms with Crippen molar-refractivity contribution in [2.75, 3.05) is 33.4 Å². The first-order chi connectivity index (χ1) is 9.32. The van der Waals surface area contributed by atoms with Crippen molar-refractivity contribution < 1.29 is 4.74 Å². The van der Waals surface area contributed by atoms with Crippen molar-refractivity contribution >= 4 is 0 Å². The molecule has 0 aromatic rings. The van der Waals surface area contributed by atoms with Gasteiger partial charge in [0.15, 0.2) is 0 Å². The second kappa shape index (κ2) is 7.77. The van der Waals surface area contributed by atoms with E-state index in [4.69, 9.17) is 4.74 Å². The summed E-state index contributed by atoms with van der Waals surface area (Å²) in [4.78, 5) is 2.60. The molecule has 3 nitrogen and oxygen atoms in total. The minimum Gasteiger partial charge on any atom is -0.383 e. The maximum absolute atomic E-state index is 5.34. The maximum Gasteiger partial charge on any atom is 0.0615 e. The van der Waals surface area contributed by atoms with Crippen LogP contribution < -0.4 is 5.32 Å². The van der Waals surface area contributed by atoms with Crippen LogP contribution in [0.15, 0.2) is 0 Å². The van der Waals surface area contributed by atoms with Crippen LogP contribution >= 0.6 is 0 Å². The Bertz CT molecular complexity index is 267. The first kappa shape index (κ1) is 17.9. The van der Waals surface area contributed by atoms with Crippen molar-refractivity contribution in [1.82, 2.24) is 10.2 Å². The monoisotopic (exact) mass is 284 g/mol. The van der Waals surface area contributed by atoms with E-state index < -0.39 is 0 Å². The Balaban J connectivity index is 2.64. The van der Waals surface area contributed by atoms with Gasteiger partial charge in [0.2, 0.25) is 0 Å². The lowest BCUT2D eigenvalue weighted by atomic mass is 9.84. The van der Waals surface area contributed by atoms with Crippen molar-refractivity contribution in [3.63, 3.8) is 0 Å². The summed E-state index contributed by atoms with van der Waals surface area (Å²) >= 11 is 0. The standard InChI is InChI=1S/C17H36N2O/c1-7-19(15(2)12-20-6)14-17(10-8-9-11-17)13-18-16(3,4)5/h15,18H,7-14H2,1-6H3. The van der Waals surface area contributed by atoms with Gasteiger partial charge in [0.05, 0.1) is 6.61 Å². The number of nitrogens with zero attached hydrogens (tertiary/aromatic N) is 1. The number of likely N-dealkylation sites (N-methyl/N-ethyl adjacent to an activating group) is 1. The van der Waals surface area contributed by atoms with Crippen LogP contribution in [0, 0.1) is 5.41 Å². The lowest BCUT2D eigenvalue weighted by Crippen LogP contribution is -2.50. The van der Waals surface area contributed by atoms with Crippen molar-refractivity contribution in [3.05, 3.63) is 0 Å². The summed E-state index contributed by atoms with van der Waals surface area (Å²) in [5.74, 6) is 0. The largest absolute Gasteiger partial charge is 0.383 e. The molecule has 1 N–H and O–H groups in total. The fourth-order valence-corrected chi connectivity index (χ4v) is 3.33. The molecule has 0 radical (unpaired) electrons. The molecule has 1 saturated carbocycles. The number of hydrogen-bond acceptors (Lipinski definition) is 3. The van der Waals surface area contributed by atoms with Crippen molar-refractivity contribution in [3.8, 4) is 0 Å². The third kappa shape index (κ3) is 5.71. The average molecular weight is 284 g/mol. The summed E-state index contributed by atoms with van der Waals surface area (Å²) in [6.45, 7) is 15.6. The highest BCUT2D eigenvalue weighted by Crippen LogP contribution is 2.39. The van der Waals surface area contributed by atoms with Crippen LogP contribution in [-0.4, -0.2) is 49.8 Å². The minimum atomic E-state index is 0.213. The van der Waals surface area contributed by atoms with Crippen LogP contribution in [0.25, 0.3) is 0 Å². The third-order valence-electron chi connectivity index (χ3n) is 4.63. The highest BCUT2D eigenvalue weighted by Gasteiger charge is 2.36. The van der Waals surface area contributed by atoms with Crippen LogP contribution in [0.4, 0.5) is 0 Å². The number of hydrogen-bond donors (Lipinski definition) is 1. The van der Waals surface area contributed by atoms with Crippen LogP contribution in [0.1, 0.15) is 60.3 Å². The van der Waals surface area contributed by atoms with Gasteiger partial charge in [-0.05, 0) is 52.5 Å². The fourth-order valence-electron chi connectivity index (χ4n) is 3.33. The van der Waals surface area contributed by atoms with Gasteiger partial charge in [-0.25, -0.2) is 0 Å². The molecule has 0 aliphatic heterocycles. The highest BCUT2D eigenvalue weighted by molar-refractivity contribution is 4.92. The predicted molar refractivity (Wildman–Crippen MR) is 87.2 cm³/mol. The van der Waals surface area contributed by atoms with Gasteiger partial charge in [0.25, 0.3) is 0 Å². The SMILES string of the molecule is CCN(CC1(CNC(C)(C)C)CCCC1)C(C)COC. The van der Waals surface area contributed by atoms with Gasteiger partial charge in [-0.15, -0.1) is 0 Å². The first-order valence-electron chi connectivity index (χ1n) is 8.30. The quantitative estimate of drug-likeness (QED) is 0.740. The number of rotatable bonds is 8. The molecule has 1 fully saturated rings. The molecule has 1 rings (SSSR count). The van der Waals surface area contributed by atoms with Gasteiger partial charge < -0.3 is 10.1 Å². The minimum absolute atomic E-state index is 0.213. The van der Waals surface area contributed by atoms with E-state index in [1.54, 1.807) is 7.11 Å². The van der Waals surface area contributed by atoms with Crippen LogP contribution in [0.3, 0.4) is 0 Å². The maximum atomic E-state index is 5.34. The molecule has 3 heteroatoms. The lowest BCUT2D eigenvalue weighted by Gasteiger charge is -2.39. The summed E-state index contributed by atoms with van der Waals surface area (Å²) in [5.41, 5.74) is 0.677. The van der Waals surface area contributed by atoms with E-state index in [1.807, 2.05) is 0 Å². The smallest absolute Gasteiger partial charge is 0.0615 e. The molecule has 0 heterocycles. The van der Waals surface area contributed by atoms with E-state index in [9.17, 15) is 0 Å². The topological polar surface area (TPSA) is 24.5 Å². The van der Waals surface area contributed by atoms with E-state index >= 15 is 0 Å². The Hall–Kier alpha value is -0.120. The molecule has 0 spiro atoms. The Morgan fingerprint density at radius 1 is 1.25 bits per heavy atom. The molecule has 0 aromatic carbocycles. The molecular formula is C17H36N2O. The molecule has 20 heavy (non-hydrogen) atoms. The molecule has 120 valence electrons. The molecule has 0 bridgehead atoms. The zero-order valence-electron chi connectivity index (χ0n) is 14.6. The van der Waals surface area contributed by atoms with E-state index in [1.165, 1.54) is 32.2 Å². The highest BCUT2D eigenvalue weighted by atomic mass is 16.5. The average Bonchev–Trinajstić information content (AvgIpc) is 2.82. The predicted octanol–water partition coefficient (Wildman–Crippen LogP) is 3.29. The van der Waals surface area contributed by atoms with Crippen molar-refractivity contribution in [2.45, 2.75) is 71.9 Å². The summed E-state index contributed by atoms with van der Waals surface area (Å²) in [7, 11) is 1.80. The van der Waals surface area contributed by atoms with Gasteiger partial charge in [0.1, 0.15) is 0 Å². The van der Waals surface area contributed by atoms with E-state index in [0.717, 1.165) is 19.7 Å². The summed E-state index contributed by atoms with van der Waals surface area (Å²) in [6, 6.07) is 0.511. The molecule has 1 atom stereocenters. The second-order valence-corrected chi connectivity index (χ2v) is 7.68. The van der Waals surface area contributed by atoms with Crippen molar-refractivity contribution in [2.24, 2.45) is 5.41 Å². The van der Waals surface area contributed by atoms with Crippen molar-refractivity contribution in [1.29, 1.82) is 0 Å². The second-order valence-electron chi connectivity index (χ2n) is 7.68. The molecule has 1 aliphatic carbocycles. The van der Waals surface area contributed by atoms with Gasteiger partial charge in [-0.3, -0.25) is 4.90 Å². The van der Waals surface area contributed by atoms with E-state index in [2.05, 4.69) is 44.8 Å². The summed E-state index contributed by atoms with van der Waals surface area (Å²) in [6.07, 6.45) is 5.52. The molecule has 0 aromatic heterocycles. The molecule has 0 saturated heterocycles. The molecule has 0 amide bonds. The normalized spacial score (nSPS) is 20.6. The number of nitrogens with one attached hydrogen (secondary N) is 1. The van der Waals surface area contributed by atoms with E-state index in [0.29, 0.717) is 11.5 Å². The zero-order valence-corrected chi connectivity index (χ0v) is 14.6. The summed E-state index contributed by atoms with van der Waals surface area (Å²) in [5, 5.41) is 3.75. The Kier molecular flexibility index (Phi) is 6.96. The van der Waals surface area contributed by atoms with Crippen LogP contribution in [-0.2, 0) is 4.74 Å². The van der Waals surface area contributed by atoms with Crippen LogP contribution in [0.2, 0.25) is 0 Å². The zero-order chi connectivity index (χ0) is 15.2.